The number of carbonyl (C=O) groups excluding carboxylic acids is 2. The molecule has 1 aliphatic rings. The Hall–Kier alpha value is -4.51. The predicted molar refractivity (Wildman–Crippen MR) is 148 cm³/mol. The van der Waals surface area contributed by atoms with E-state index in [4.69, 9.17) is 0 Å². The lowest BCUT2D eigenvalue weighted by Crippen LogP contribution is -2.14. The lowest BCUT2D eigenvalue weighted by Gasteiger charge is -2.14. The van der Waals surface area contributed by atoms with Gasteiger partial charge in [-0.2, -0.15) is 13.2 Å². The first-order valence-electron chi connectivity index (χ1n) is 12.5. The van der Waals surface area contributed by atoms with Crippen LogP contribution >= 0.6 is 11.3 Å². The molecule has 5 aromatic rings. The Morgan fingerprint density at radius 1 is 1.00 bits per heavy atom. The number of benzene rings is 2. The number of anilines is 2. The van der Waals surface area contributed by atoms with Crippen LogP contribution in [0.1, 0.15) is 34.3 Å². The van der Waals surface area contributed by atoms with Crippen LogP contribution < -0.4 is 10.6 Å². The van der Waals surface area contributed by atoms with E-state index < -0.39 is 17.6 Å². The standard InChI is InChI=1S/C29H22F3N5O2S/c1-16-9-10-37(15-16)22-13-20(29(30,31)32)12-21(14-22)33-26(39)19-4-2-3-18(11-19)23-7-8-24-27(34-23)40-28(35-24)36-25(38)17-5-6-17/h2-4,7-15,17H,5-6H2,1H3,(H,33,39)(H,35,36,38). The summed E-state index contributed by atoms with van der Waals surface area (Å²) in [5.74, 6) is -0.529. The fourth-order valence-electron chi connectivity index (χ4n) is 4.27. The molecule has 0 atom stereocenters. The van der Waals surface area contributed by atoms with E-state index in [2.05, 4.69) is 20.6 Å². The van der Waals surface area contributed by atoms with Crippen LogP contribution in [0.15, 0.2) is 73.1 Å². The molecule has 40 heavy (non-hydrogen) atoms. The van der Waals surface area contributed by atoms with Crippen molar-refractivity contribution in [3.63, 3.8) is 0 Å². The van der Waals surface area contributed by atoms with Gasteiger partial charge in [0.15, 0.2) is 5.13 Å². The molecule has 0 aliphatic heterocycles. The van der Waals surface area contributed by atoms with Crippen molar-refractivity contribution in [3.05, 3.63) is 89.7 Å². The van der Waals surface area contributed by atoms with E-state index in [1.807, 2.05) is 6.92 Å². The number of halogens is 3. The molecule has 2 aromatic carbocycles. The second-order valence-electron chi connectivity index (χ2n) is 9.70. The molecule has 0 unspecified atom stereocenters. The largest absolute Gasteiger partial charge is 0.416 e. The first-order valence-corrected chi connectivity index (χ1v) is 13.3. The van der Waals surface area contributed by atoms with Crippen molar-refractivity contribution < 1.29 is 22.8 Å². The zero-order valence-corrected chi connectivity index (χ0v) is 21.9. The number of amides is 2. The van der Waals surface area contributed by atoms with Crippen LogP contribution in [0.25, 0.3) is 27.3 Å². The summed E-state index contributed by atoms with van der Waals surface area (Å²) >= 11 is 1.27. The number of alkyl halides is 3. The molecule has 2 N–H and O–H groups in total. The summed E-state index contributed by atoms with van der Waals surface area (Å²) in [5, 5.41) is 5.93. The second kappa shape index (κ2) is 9.91. The van der Waals surface area contributed by atoms with E-state index in [1.165, 1.54) is 17.4 Å². The monoisotopic (exact) mass is 561 g/mol. The van der Waals surface area contributed by atoms with E-state index in [1.54, 1.807) is 59.4 Å². The highest BCUT2D eigenvalue weighted by Crippen LogP contribution is 2.34. The molecule has 0 saturated heterocycles. The lowest BCUT2D eigenvalue weighted by atomic mass is 10.1. The number of hydrogen-bond donors (Lipinski definition) is 2. The maximum absolute atomic E-state index is 13.6. The van der Waals surface area contributed by atoms with Gasteiger partial charge in [0.25, 0.3) is 5.91 Å². The van der Waals surface area contributed by atoms with Gasteiger partial charge >= 0.3 is 6.18 Å². The maximum atomic E-state index is 13.6. The number of aromatic nitrogens is 3. The van der Waals surface area contributed by atoms with E-state index in [-0.39, 0.29) is 28.8 Å². The molecule has 3 aromatic heterocycles. The van der Waals surface area contributed by atoms with Gasteiger partial charge in [0, 0.05) is 40.8 Å². The molecule has 11 heteroatoms. The van der Waals surface area contributed by atoms with E-state index in [9.17, 15) is 22.8 Å². The Morgan fingerprint density at radius 3 is 2.55 bits per heavy atom. The Morgan fingerprint density at radius 2 is 1.82 bits per heavy atom. The third kappa shape index (κ3) is 5.46. The molecule has 1 fully saturated rings. The zero-order valence-electron chi connectivity index (χ0n) is 21.1. The Kier molecular flexibility index (Phi) is 6.38. The van der Waals surface area contributed by atoms with E-state index >= 15 is 0 Å². The Balaban J connectivity index is 1.25. The van der Waals surface area contributed by atoms with Crippen molar-refractivity contribution >= 4 is 44.3 Å². The van der Waals surface area contributed by atoms with E-state index in [0.29, 0.717) is 26.7 Å². The van der Waals surface area contributed by atoms with E-state index in [0.717, 1.165) is 30.5 Å². The van der Waals surface area contributed by atoms with Gasteiger partial charge in [-0.1, -0.05) is 23.5 Å². The number of hydrogen-bond acceptors (Lipinski definition) is 5. The molecule has 202 valence electrons. The van der Waals surface area contributed by atoms with Crippen molar-refractivity contribution in [2.24, 2.45) is 5.92 Å². The number of carbonyl (C=O) groups is 2. The van der Waals surface area contributed by atoms with Gasteiger partial charge < -0.3 is 15.2 Å². The molecule has 1 saturated carbocycles. The number of thiazole rings is 1. The van der Waals surface area contributed by atoms with Gasteiger partial charge in [-0.25, -0.2) is 9.97 Å². The van der Waals surface area contributed by atoms with Crippen molar-refractivity contribution in [1.82, 2.24) is 14.5 Å². The maximum Gasteiger partial charge on any atom is 0.416 e. The summed E-state index contributed by atoms with van der Waals surface area (Å²) in [6.07, 6.45) is 0.576. The third-order valence-electron chi connectivity index (χ3n) is 6.50. The fourth-order valence-corrected chi connectivity index (χ4v) is 5.11. The van der Waals surface area contributed by atoms with Crippen LogP contribution in [0.3, 0.4) is 0 Å². The molecule has 6 rings (SSSR count). The normalized spacial score (nSPS) is 13.4. The smallest absolute Gasteiger partial charge is 0.324 e. The highest BCUT2D eigenvalue weighted by molar-refractivity contribution is 7.22. The summed E-state index contributed by atoms with van der Waals surface area (Å²) in [5.41, 5.74) is 2.48. The van der Waals surface area contributed by atoms with Gasteiger partial charge in [-0.15, -0.1) is 0 Å². The van der Waals surface area contributed by atoms with Gasteiger partial charge in [0.2, 0.25) is 5.91 Å². The van der Waals surface area contributed by atoms with Gasteiger partial charge in [-0.3, -0.25) is 9.59 Å². The van der Waals surface area contributed by atoms with Crippen molar-refractivity contribution in [3.8, 4) is 16.9 Å². The minimum absolute atomic E-state index is 0.0246. The highest BCUT2D eigenvalue weighted by atomic mass is 32.1. The molecule has 3 heterocycles. The van der Waals surface area contributed by atoms with Gasteiger partial charge in [-0.05, 0) is 73.9 Å². The van der Waals surface area contributed by atoms with Crippen LogP contribution in [-0.2, 0) is 11.0 Å². The summed E-state index contributed by atoms with van der Waals surface area (Å²) in [6.45, 7) is 1.84. The molecule has 2 amide bonds. The number of fused-ring (bicyclic) bond motifs is 1. The quantitative estimate of drug-likeness (QED) is 0.232. The average Bonchev–Trinajstić information content (AvgIpc) is 3.57. The molecule has 1 aliphatic carbocycles. The lowest BCUT2D eigenvalue weighted by molar-refractivity contribution is -0.137. The predicted octanol–water partition coefficient (Wildman–Crippen LogP) is 7.08. The minimum Gasteiger partial charge on any atom is -0.324 e. The van der Waals surface area contributed by atoms with Gasteiger partial charge in [0.05, 0.1) is 11.3 Å². The fraction of sp³-hybridized carbons (Fsp3) is 0.172. The number of nitrogens with zero attached hydrogens (tertiary/aromatic N) is 3. The SMILES string of the molecule is Cc1ccn(-c2cc(NC(=O)c3cccc(-c4ccc5nc(NC(=O)C6CC6)sc5n4)c3)cc(C(F)(F)F)c2)c1. The van der Waals surface area contributed by atoms with Crippen molar-refractivity contribution in [2.75, 3.05) is 10.6 Å². The molecule has 7 nitrogen and oxygen atoms in total. The summed E-state index contributed by atoms with van der Waals surface area (Å²) < 4.78 is 42.5. The Bertz CT molecular complexity index is 1770. The third-order valence-corrected chi connectivity index (χ3v) is 7.38. The molecular weight excluding hydrogens is 539 g/mol. The summed E-state index contributed by atoms with van der Waals surface area (Å²) in [4.78, 5) is 34.9. The molecular formula is C29H22F3N5O2S. The van der Waals surface area contributed by atoms with Crippen LogP contribution in [0.5, 0.6) is 0 Å². The molecule has 0 radical (unpaired) electrons. The second-order valence-corrected chi connectivity index (χ2v) is 10.7. The summed E-state index contributed by atoms with van der Waals surface area (Å²) in [7, 11) is 0. The van der Waals surface area contributed by atoms with Gasteiger partial charge in [0.1, 0.15) is 10.3 Å². The number of pyridine rings is 1. The first-order chi connectivity index (χ1) is 19.1. The van der Waals surface area contributed by atoms with Crippen molar-refractivity contribution in [1.29, 1.82) is 0 Å². The van der Waals surface area contributed by atoms with Crippen molar-refractivity contribution in [2.45, 2.75) is 25.9 Å². The van der Waals surface area contributed by atoms with Crippen LogP contribution in [0, 0.1) is 12.8 Å². The Labute approximate surface area is 230 Å². The number of nitrogens with one attached hydrogen (secondary N) is 2. The van der Waals surface area contributed by atoms with Crippen LogP contribution in [0.2, 0.25) is 0 Å². The number of rotatable bonds is 6. The summed E-state index contributed by atoms with van der Waals surface area (Å²) in [6, 6.07) is 15.5. The molecule has 0 bridgehead atoms. The number of aryl methyl sites for hydroxylation is 1. The average molecular weight is 562 g/mol. The first kappa shape index (κ1) is 25.8. The minimum atomic E-state index is -4.58. The zero-order chi connectivity index (χ0) is 28.0. The highest BCUT2D eigenvalue weighted by Gasteiger charge is 2.32. The van der Waals surface area contributed by atoms with Crippen LogP contribution in [-0.4, -0.2) is 26.3 Å². The van der Waals surface area contributed by atoms with Crippen LogP contribution in [0.4, 0.5) is 24.0 Å². The topological polar surface area (TPSA) is 88.9 Å². The molecule has 0 spiro atoms.